The summed E-state index contributed by atoms with van der Waals surface area (Å²) in [5.74, 6) is 0.782. The van der Waals surface area contributed by atoms with Crippen LogP contribution in [0.5, 0.6) is 0 Å². The Balaban J connectivity index is 1.84. The molecular weight excluding hydrogens is 276 g/mol. The molecule has 0 aliphatic heterocycles. The molecule has 0 bridgehead atoms. The van der Waals surface area contributed by atoms with E-state index in [0.29, 0.717) is 5.41 Å². The normalized spacial score (nSPS) is 17.4. The molecule has 0 unspecified atom stereocenters. The van der Waals surface area contributed by atoms with Gasteiger partial charge in [-0.25, -0.2) is 0 Å². The second-order valence-electron chi connectivity index (χ2n) is 5.48. The van der Waals surface area contributed by atoms with Gasteiger partial charge in [0, 0.05) is 23.2 Å². The molecule has 94 valence electrons. The van der Waals surface area contributed by atoms with Crippen LogP contribution in [0.1, 0.15) is 32.3 Å². The first-order valence-corrected chi connectivity index (χ1v) is 7.07. The van der Waals surface area contributed by atoms with E-state index in [-0.39, 0.29) is 0 Å². The molecule has 0 radical (unpaired) electrons. The summed E-state index contributed by atoms with van der Waals surface area (Å²) < 4.78 is 0.974. The quantitative estimate of drug-likeness (QED) is 0.816. The van der Waals surface area contributed by atoms with Crippen LogP contribution in [0, 0.1) is 11.3 Å². The van der Waals surface area contributed by atoms with Crippen molar-refractivity contribution in [3.8, 4) is 0 Å². The standard InChI is InChI=1S/C14H21BrN2/c1-10(2)14(5-6-14)9-17-8-11-3-4-12(15)13(16)7-11/h3-4,7,10,17H,5-6,8-9,16H2,1-2H3. The Morgan fingerprint density at radius 1 is 1.41 bits per heavy atom. The molecule has 3 heteroatoms. The van der Waals surface area contributed by atoms with E-state index < -0.39 is 0 Å². The fourth-order valence-corrected chi connectivity index (χ4v) is 2.52. The number of halogens is 1. The number of anilines is 1. The predicted octanol–water partition coefficient (Wildman–Crippen LogP) is 3.56. The van der Waals surface area contributed by atoms with E-state index in [9.17, 15) is 0 Å². The van der Waals surface area contributed by atoms with Crippen LogP contribution in [0.15, 0.2) is 22.7 Å². The minimum absolute atomic E-state index is 0.570. The van der Waals surface area contributed by atoms with Crippen LogP contribution >= 0.6 is 15.9 Å². The third-order valence-electron chi connectivity index (χ3n) is 3.98. The SMILES string of the molecule is CC(C)C1(CNCc2ccc(Br)c(N)c2)CC1. The fraction of sp³-hybridized carbons (Fsp3) is 0.571. The molecule has 0 saturated heterocycles. The van der Waals surface area contributed by atoms with Crippen molar-refractivity contribution in [3.63, 3.8) is 0 Å². The van der Waals surface area contributed by atoms with Gasteiger partial charge < -0.3 is 11.1 Å². The van der Waals surface area contributed by atoms with E-state index in [0.717, 1.165) is 29.2 Å². The summed E-state index contributed by atoms with van der Waals surface area (Å²) in [6, 6.07) is 6.16. The third kappa shape index (κ3) is 3.02. The highest BCUT2D eigenvalue weighted by Gasteiger charge is 2.44. The van der Waals surface area contributed by atoms with Crippen molar-refractivity contribution in [1.82, 2.24) is 5.32 Å². The molecule has 1 aliphatic rings. The molecule has 0 aromatic heterocycles. The summed E-state index contributed by atoms with van der Waals surface area (Å²) in [6.07, 6.45) is 2.75. The zero-order chi connectivity index (χ0) is 12.5. The number of nitrogens with one attached hydrogen (secondary N) is 1. The third-order valence-corrected chi connectivity index (χ3v) is 4.71. The summed E-state index contributed by atoms with van der Waals surface area (Å²) in [6.45, 7) is 6.69. The van der Waals surface area contributed by atoms with Crippen molar-refractivity contribution in [3.05, 3.63) is 28.2 Å². The minimum atomic E-state index is 0.570. The molecule has 0 heterocycles. The van der Waals surface area contributed by atoms with E-state index in [1.165, 1.54) is 18.4 Å². The van der Waals surface area contributed by atoms with Gasteiger partial charge in [0.1, 0.15) is 0 Å². The predicted molar refractivity (Wildman–Crippen MR) is 76.8 cm³/mol. The van der Waals surface area contributed by atoms with Crippen molar-refractivity contribution in [1.29, 1.82) is 0 Å². The number of hydrogen-bond acceptors (Lipinski definition) is 2. The fourth-order valence-electron chi connectivity index (χ4n) is 2.28. The maximum absolute atomic E-state index is 5.86. The van der Waals surface area contributed by atoms with E-state index in [1.807, 2.05) is 12.1 Å². The largest absolute Gasteiger partial charge is 0.398 e. The Morgan fingerprint density at radius 2 is 2.12 bits per heavy atom. The van der Waals surface area contributed by atoms with Gasteiger partial charge in [-0.3, -0.25) is 0 Å². The minimum Gasteiger partial charge on any atom is -0.398 e. The molecule has 0 amide bonds. The molecule has 1 fully saturated rings. The first-order valence-electron chi connectivity index (χ1n) is 6.28. The maximum atomic E-state index is 5.86. The molecule has 2 rings (SSSR count). The summed E-state index contributed by atoms with van der Waals surface area (Å²) in [5, 5.41) is 3.56. The zero-order valence-corrected chi connectivity index (χ0v) is 12.2. The zero-order valence-electron chi connectivity index (χ0n) is 10.6. The maximum Gasteiger partial charge on any atom is 0.0461 e. The van der Waals surface area contributed by atoms with Crippen LogP contribution in [-0.2, 0) is 6.54 Å². The van der Waals surface area contributed by atoms with E-state index in [2.05, 4.69) is 41.2 Å². The van der Waals surface area contributed by atoms with Crippen LogP contribution in [0.3, 0.4) is 0 Å². The second-order valence-corrected chi connectivity index (χ2v) is 6.33. The van der Waals surface area contributed by atoms with Gasteiger partial charge in [-0.15, -0.1) is 0 Å². The van der Waals surface area contributed by atoms with Crippen LogP contribution in [-0.4, -0.2) is 6.54 Å². The van der Waals surface area contributed by atoms with E-state index in [1.54, 1.807) is 0 Å². The highest BCUT2D eigenvalue weighted by Crippen LogP contribution is 2.51. The Hall–Kier alpha value is -0.540. The smallest absolute Gasteiger partial charge is 0.0461 e. The van der Waals surface area contributed by atoms with Gasteiger partial charge in [-0.1, -0.05) is 19.9 Å². The highest BCUT2D eigenvalue weighted by atomic mass is 79.9. The number of nitrogens with two attached hydrogens (primary N) is 1. The number of benzene rings is 1. The second kappa shape index (κ2) is 4.99. The van der Waals surface area contributed by atoms with Crippen LogP contribution in [0.4, 0.5) is 5.69 Å². The lowest BCUT2D eigenvalue weighted by molar-refractivity contribution is 0.338. The Labute approximate surface area is 112 Å². The van der Waals surface area contributed by atoms with Crippen molar-refractivity contribution in [2.45, 2.75) is 33.2 Å². The average molecular weight is 297 g/mol. The van der Waals surface area contributed by atoms with Gasteiger partial charge in [-0.05, 0) is 57.8 Å². The molecule has 1 aromatic rings. The first-order chi connectivity index (χ1) is 8.03. The molecule has 1 aliphatic carbocycles. The van der Waals surface area contributed by atoms with Gasteiger partial charge in [-0.2, -0.15) is 0 Å². The van der Waals surface area contributed by atoms with Crippen molar-refractivity contribution in [2.75, 3.05) is 12.3 Å². The Morgan fingerprint density at radius 3 is 2.65 bits per heavy atom. The van der Waals surface area contributed by atoms with Crippen LogP contribution < -0.4 is 11.1 Å². The monoisotopic (exact) mass is 296 g/mol. The first kappa shape index (κ1) is 12.9. The van der Waals surface area contributed by atoms with Gasteiger partial charge in [0.15, 0.2) is 0 Å². The topological polar surface area (TPSA) is 38.0 Å². The van der Waals surface area contributed by atoms with Crippen molar-refractivity contribution in [2.24, 2.45) is 11.3 Å². The molecule has 1 saturated carbocycles. The molecule has 17 heavy (non-hydrogen) atoms. The molecule has 1 aromatic carbocycles. The van der Waals surface area contributed by atoms with Gasteiger partial charge >= 0.3 is 0 Å². The van der Waals surface area contributed by atoms with E-state index >= 15 is 0 Å². The lowest BCUT2D eigenvalue weighted by atomic mass is 9.92. The van der Waals surface area contributed by atoms with Crippen LogP contribution in [0.2, 0.25) is 0 Å². The van der Waals surface area contributed by atoms with Crippen LogP contribution in [0.25, 0.3) is 0 Å². The van der Waals surface area contributed by atoms with Gasteiger partial charge in [0.25, 0.3) is 0 Å². The lowest BCUT2D eigenvalue weighted by Crippen LogP contribution is -2.27. The number of nitrogen functional groups attached to an aromatic ring is 1. The highest BCUT2D eigenvalue weighted by molar-refractivity contribution is 9.10. The van der Waals surface area contributed by atoms with Crippen molar-refractivity contribution >= 4 is 21.6 Å². The summed E-state index contributed by atoms with van der Waals surface area (Å²) >= 11 is 3.41. The Kier molecular flexibility index (Phi) is 3.79. The number of hydrogen-bond donors (Lipinski definition) is 2. The Bertz CT molecular complexity index is 397. The molecular formula is C14H21BrN2. The molecule has 0 spiro atoms. The number of rotatable bonds is 5. The van der Waals surface area contributed by atoms with Crippen molar-refractivity contribution < 1.29 is 0 Å². The lowest BCUT2D eigenvalue weighted by Gasteiger charge is -2.20. The summed E-state index contributed by atoms with van der Waals surface area (Å²) in [5.41, 5.74) is 8.50. The summed E-state index contributed by atoms with van der Waals surface area (Å²) in [4.78, 5) is 0. The molecule has 3 N–H and O–H groups in total. The van der Waals surface area contributed by atoms with Gasteiger partial charge in [0.2, 0.25) is 0 Å². The molecule has 0 atom stereocenters. The van der Waals surface area contributed by atoms with Gasteiger partial charge in [0.05, 0.1) is 0 Å². The molecule has 2 nitrogen and oxygen atoms in total. The average Bonchev–Trinajstić information content (AvgIpc) is 3.04. The summed E-state index contributed by atoms with van der Waals surface area (Å²) in [7, 11) is 0. The van der Waals surface area contributed by atoms with E-state index in [4.69, 9.17) is 5.73 Å².